The fraction of sp³-hybridized carbons (Fsp3) is 0.400. The second-order valence-electron chi connectivity index (χ2n) is 7.96. The average Bonchev–Trinajstić information content (AvgIpc) is 2.81. The largest absolute Gasteiger partial charge is 0.379 e. The van der Waals surface area contributed by atoms with Gasteiger partial charge < -0.3 is 20.1 Å². The summed E-state index contributed by atoms with van der Waals surface area (Å²) >= 11 is 6.04. The molecule has 1 atom stereocenters. The summed E-state index contributed by atoms with van der Waals surface area (Å²) in [6.45, 7) is 3.75. The molecule has 1 heterocycles. The van der Waals surface area contributed by atoms with Gasteiger partial charge in [0.15, 0.2) is 0 Å². The number of carbonyl (C=O) groups is 3. The predicted octanol–water partition coefficient (Wildman–Crippen LogP) is 3.35. The number of Topliss-reactive ketones (excluding diaryl/α,β-unsaturated/α-hetero) is 1. The molecule has 0 bridgehead atoms. The van der Waals surface area contributed by atoms with Crippen LogP contribution in [-0.2, 0) is 32.2 Å². The van der Waals surface area contributed by atoms with Gasteiger partial charge in [0.25, 0.3) is 11.8 Å². The van der Waals surface area contributed by atoms with Gasteiger partial charge in [-0.3, -0.25) is 14.4 Å². The molecule has 8 heteroatoms. The Balaban J connectivity index is 1.72. The number of carbonyl (C=O) groups excluding carboxylic acids is 3. The van der Waals surface area contributed by atoms with Crippen LogP contribution >= 0.6 is 11.6 Å². The van der Waals surface area contributed by atoms with Crippen molar-refractivity contribution in [3.05, 3.63) is 69.7 Å². The summed E-state index contributed by atoms with van der Waals surface area (Å²) in [6, 6.07) is 11.5. The number of ketones is 1. The highest BCUT2D eigenvalue weighted by molar-refractivity contribution is 6.38. The molecule has 0 aromatic heterocycles. The summed E-state index contributed by atoms with van der Waals surface area (Å²) in [7, 11) is 0. The lowest BCUT2D eigenvalue weighted by Crippen LogP contribution is -2.47. The standard InChI is InChI=1S/C25H29ClN2O5/c1-17-9-10-20(26)14-19(17)15-27-25(31)23(29)22-8-4-5-11-32-12-13-33-16-18-6-2-3-7-21(18)24(30)28-22/h2-3,6-7,9-10,14,22H,4-5,8,11-13,15-16H2,1H3,(H,27,31)(H,28,30). The minimum absolute atomic E-state index is 0.172. The lowest BCUT2D eigenvalue weighted by atomic mass is 10.0. The third-order valence-electron chi connectivity index (χ3n) is 5.52. The van der Waals surface area contributed by atoms with Crippen LogP contribution in [0.4, 0.5) is 0 Å². The molecule has 0 saturated carbocycles. The minimum atomic E-state index is -0.935. The number of nitrogens with one attached hydrogen (secondary N) is 2. The van der Waals surface area contributed by atoms with Crippen molar-refractivity contribution >= 4 is 29.2 Å². The zero-order valence-corrected chi connectivity index (χ0v) is 19.5. The van der Waals surface area contributed by atoms with Gasteiger partial charge in [0.2, 0.25) is 5.78 Å². The molecule has 0 fully saturated rings. The topological polar surface area (TPSA) is 93.7 Å². The molecule has 1 unspecified atom stereocenters. The van der Waals surface area contributed by atoms with Crippen LogP contribution < -0.4 is 10.6 Å². The maximum atomic E-state index is 13.0. The van der Waals surface area contributed by atoms with Crippen molar-refractivity contribution in [3.63, 3.8) is 0 Å². The lowest BCUT2D eigenvalue weighted by molar-refractivity contribution is -0.139. The number of halogens is 1. The van der Waals surface area contributed by atoms with Gasteiger partial charge in [-0.2, -0.15) is 0 Å². The van der Waals surface area contributed by atoms with E-state index in [0.717, 1.165) is 11.1 Å². The second-order valence-corrected chi connectivity index (χ2v) is 8.40. The number of aryl methyl sites for hydroxylation is 1. The van der Waals surface area contributed by atoms with Crippen LogP contribution in [0.3, 0.4) is 0 Å². The SMILES string of the molecule is Cc1ccc(Cl)cc1CNC(=O)C(=O)C1CCCCOCCOCc2ccccc2C(=O)N1. The average molecular weight is 473 g/mol. The molecule has 7 nitrogen and oxygen atoms in total. The molecule has 3 rings (SSSR count). The van der Waals surface area contributed by atoms with Gasteiger partial charge >= 0.3 is 0 Å². The third kappa shape index (κ3) is 7.39. The van der Waals surface area contributed by atoms with E-state index in [-0.39, 0.29) is 13.2 Å². The fourth-order valence-corrected chi connectivity index (χ4v) is 3.77. The van der Waals surface area contributed by atoms with E-state index in [2.05, 4.69) is 10.6 Å². The van der Waals surface area contributed by atoms with E-state index in [9.17, 15) is 14.4 Å². The van der Waals surface area contributed by atoms with E-state index < -0.39 is 23.6 Å². The Hall–Kier alpha value is -2.74. The Morgan fingerprint density at radius 1 is 1.09 bits per heavy atom. The van der Waals surface area contributed by atoms with E-state index >= 15 is 0 Å². The highest BCUT2D eigenvalue weighted by Gasteiger charge is 2.27. The van der Waals surface area contributed by atoms with Gasteiger partial charge in [0.1, 0.15) is 0 Å². The van der Waals surface area contributed by atoms with Crippen molar-refractivity contribution in [1.82, 2.24) is 10.6 Å². The zero-order chi connectivity index (χ0) is 23.6. The second kappa shape index (κ2) is 12.5. The molecule has 2 amide bonds. The zero-order valence-electron chi connectivity index (χ0n) is 18.7. The number of benzene rings is 2. The number of hydrogen-bond donors (Lipinski definition) is 2. The molecule has 2 aromatic carbocycles. The predicted molar refractivity (Wildman–Crippen MR) is 125 cm³/mol. The van der Waals surface area contributed by atoms with Gasteiger partial charge in [-0.15, -0.1) is 0 Å². The summed E-state index contributed by atoms with van der Waals surface area (Å²) in [4.78, 5) is 38.6. The molecular formula is C25H29ClN2O5. The molecule has 0 spiro atoms. The van der Waals surface area contributed by atoms with E-state index in [1.54, 1.807) is 30.3 Å². The third-order valence-corrected chi connectivity index (χ3v) is 5.75. The smallest absolute Gasteiger partial charge is 0.289 e. The van der Waals surface area contributed by atoms with Gasteiger partial charge in [0.05, 0.1) is 25.9 Å². The maximum absolute atomic E-state index is 13.0. The molecule has 1 aliphatic rings. The van der Waals surface area contributed by atoms with Gasteiger partial charge in [-0.25, -0.2) is 0 Å². The number of hydrogen-bond acceptors (Lipinski definition) is 5. The monoisotopic (exact) mass is 472 g/mol. The Bertz CT molecular complexity index is 995. The molecule has 0 radical (unpaired) electrons. The summed E-state index contributed by atoms with van der Waals surface area (Å²) < 4.78 is 11.2. The Kier molecular flexibility index (Phi) is 9.42. The lowest BCUT2D eigenvalue weighted by Gasteiger charge is -2.19. The van der Waals surface area contributed by atoms with Crippen molar-refractivity contribution < 1.29 is 23.9 Å². The highest BCUT2D eigenvalue weighted by Crippen LogP contribution is 2.16. The van der Waals surface area contributed by atoms with E-state index in [4.69, 9.17) is 21.1 Å². The summed E-state index contributed by atoms with van der Waals surface area (Å²) in [5, 5.41) is 5.97. The first-order valence-electron chi connectivity index (χ1n) is 11.1. The van der Waals surface area contributed by atoms with Crippen molar-refractivity contribution in [3.8, 4) is 0 Å². The maximum Gasteiger partial charge on any atom is 0.289 e. The minimum Gasteiger partial charge on any atom is -0.379 e. The summed E-state index contributed by atoms with van der Waals surface area (Å²) in [6.07, 6.45) is 1.68. The van der Waals surface area contributed by atoms with Crippen LogP contribution in [0, 0.1) is 6.92 Å². The van der Waals surface area contributed by atoms with Crippen LogP contribution in [0.1, 0.15) is 46.3 Å². The van der Waals surface area contributed by atoms with Gasteiger partial charge in [-0.05, 0) is 61.1 Å². The van der Waals surface area contributed by atoms with E-state index in [1.165, 1.54) is 0 Å². The molecule has 176 valence electrons. The van der Waals surface area contributed by atoms with Crippen molar-refractivity contribution in [2.45, 2.75) is 45.4 Å². The molecule has 0 aliphatic carbocycles. The molecule has 0 saturated heterocycles. The Labute approximate surface area is 198 Å². The van der Waals surface area contributed by atoms with Crippen molar-refractivity contribution in [2.24, 2.45) is 0 Å². The van der Waals surface area contributed by atoms with Crippen LogP contribution in [0.5, 0.6) is 0 Å². The number of rotatable bonds is 4. The summed E-state index contributed by atoms with van der Waals surface area (Å²) in [5.41, 5.74) is 2.91. The van der Waals surface area contributed by atoms with Crippen LogP contribution in [0.25, 0.3) is 0 Å². The van der Waals surface area contributed by atoms with Crippen LogP contribution in [-0.4, -0.2) is 43.5 Å². The van der Waals surface area contributed by atoms with Gasteiger partial charge in [-0.1, -0.05) is 35.9 Å². The highest BCUT2D eigenvalue weighted by atomic mass is 35.5. The molecule has 2 N–H and O–H groups in total. The van der Waals surface area contributed by atoms with E-state index in [1.807, 2.05) is 19.1 Å². The molecule has 2 aromatic rings. The first-order chi connectivity index (χ1) is 16.0. The molecular weight excluding hydrogens is 444 g/mol. The number of fused-ring (bicyclic) bond motifs is 1. The van der Waals surface area contributed by atoms with Crippen molar-refractivity contribution in [2.75, 3.05) is 19.8 Å². The fourth-order valence-electron chi connectivity index (χ4n) is 3.58. The van der Waals surface area contributed by atoms with Crippen molar-refractivity contribution in [1.29, 1.82) is 0 Å². The van der Waals surface area contributed by atoms with E-state index in [0.29, 0.717) is 55.2 Å². The number of amides is 2. The van der Waals surface area contributed by atoms with Gasteiger partial charge in [0, 0.05) is 23.7 Å². The normalized spacial score (nSPS) is 17.9. The Morgan fingerprint density at radius 2 is 1.88 bits per heavy atom. The Morgan fingerprint density at radius 3 is 2.73 bits per heavy atom. The quantitative estimate of drug-likeness (QED) is 0.665. The van der Waals surface area contributed by atoms with Crippen LogP contribution in [0.15, 0.2) is 42.5 Å². The summed E-state index contributed by atoms with van der Waals surface area (Å²) in [5.74, 6) is -1.82. The van der Waals surface area contributed by atoms with Crippen LogP contribution in [0.2, 0.25) is 5.02 Å². The first-order valence-corrected chi connectivity index (χ1v) is 11.4. The molecule has 33 heavy (non-hydrogen) atoms. The molecule has 1 aliphatic heterocycles. The first kappa shape index (κ1) is 24.9. The number of ether oxygens (including phenoxy) is 2.